The molecule has 2 fully saturated rings. The van der Waals surface area contributed by atoms with E-state index in [0.29, 0.717) is 6.04 Å². The van der Waals surface area contributed by atoms with E-state index in [1.54, 1.807) is 0 Å². The number of ether oxygens (including phenoxy) is 1. The average molecular weight is 404 g/mol. The van der Waals surface area contributed by atoms with Crippen molar-refractivity contribution < 1.29 is 4.74 Å². The van der Waals surface area contributed by atoms with Gasteiger partial charge in [0.05, 0.1) is 13.2 Å². The van der Waals surface area contributed by atoms with E-state index in [0.717, 1.165) is 58.9 Å². The maximum Gasteiger partial charge on any atom is 0.0594 e. The topological polar surface area (TPSA) is 27.7 Å². The van der Waals surface area contributed by atoms with Crippen molar-refractivity contribution in [1.29, 1.82) is 0 Å². The number of piperidine rings is 1. The molecule has 0 atom stereocenters. The largest absolute Gasteiger partial charge is 0.379 e. The van der Waals surface area contributed by atoms with Crippen LogP contribution in [0.15, 0.2) is 48.5 Å². The van der Waals surface area contributed by atoms with Crippen LogP contribution >= 0.6 is 0 Å². The van der Waals surface area contributed by atoms with Gasteiger partial charge in [0.2, 0.25) is 0 Å². The molecule has 0 bridgehead atoms. The predicted octanol–water partition coefficient (Wildman–Crippen LogP) is 3.67. The van der Waals surface area contributed by atoms with Crippen LogP contribution < -0.4 is 10.2 Å². The Hall–Kier alpha value is -2.14. The van der Waals surface area contributed by atoms with Gasteiger partial charge in [0.15, 0.2) is 0 Å². The molecule has 0 radical (unpaired) electrons. The third kappa shape index (κ3) is 4.61. The molecule has 4 heteroatoms. The minimum Gasteiger partial charge on any atom is -0.379 e. The Labute approximate surface area is 180 Å². The van der Waals surface area contributed by atoms with E-state index in [-0.39, 0.29) is 0 Å². The van der Waals surface area contributed by atoms with Crippen LogP contribution in [0, 0.1) is 0 Å². The number of hydrogen-bond acceptors (Lipinski definition) is 4. The van der Waals surface area contributed by atoms with Gasteiger partial charge in [-0.25, -0.2) is 0 Å². The third-order valence-corrected chi connectivity index (χ3v) is 6.81. The van der Waals surface area contributed by atoms with Gasteiger partial charge in [-0.3, -0.25) is 4.90 Å². The number of hydrogen-bond donors (Lipinski definition) is 1. The second-order valence-corrected chi connectivity index (χ2v) is 8.76. The number of morpholine rings is 1. The van der Waals surface area contributed by atoms with Crippen LogP contribution in [-0.4, -0.2) is 63.4 Å². The molecule has 2 aliphatic heterocycles. The SMILES string of the molecule is C1=C(c2cccc(N3CCC(NCCN4CCOCC4)CC3)c2)Cc2ccccc21. The number of benzene rings is 2. The minimum absolute atomic E-state index is 0.650. The highest BCUT2D eigenvalue weighted by atomic mass is 16.5. The van der Waals surface area contributed by atoms with Crippen molar-refractivity contribution in [2.45, 2.75) is 25.3 Å². The maximum absolute atomic E-state index is 5.44. The van der Waals surface area contributed by atoms with Crippen LogP contribution in [0.3, 0.4) is 0 Å². The van der Waals surface area contributed by atoms with E-state index in [2.05, 4.69) is 69.7 Å². The first-order valence-electron chi connectivity index (χ1n) is 11.5. The normalized spacial score (nSPS) is 20.3. The summed E-state index contributed by atoms with van der Waals surface area (Å²) >= 11 is 0. The summed E-state index contributed by atoms with van der Waals surface area (Å²) in [4.78, 5) is 5.07. The molecule has 1 aliphatic carbocycles. The van der Waals surface area contributed by atoms with Crippen molar-refractivity contribution >= 4 is 17.3 Å². The van der Waals surface area contributed by atoms with Crippen LogP contribution in [0.4, 0.5) is 5.69 Å². The highest BCUT2D eigenvalue weighted by Gasteiger charge is 2.20. The molecular formula is C26H33N3O. The zero-order valence-electron chi connectivity index (χ0n) is 17.9. The first-order valence-corrected chi connectivity index (χ1v) is 11.5. The molecule has 2 aromatic rings. The van der Waals surface area contributed by atoms with Gasteiger partial charge in [-0.2, -0.15) is 0 Å². The number of allylic oxidation sites excluding steroid dienone is 1. The molecule has 4 nitrogen and oxygen atoms in total. The fraction of sp³-hybridized carbons (Fsp3) is 0.462. The fourth-order valence-electron chi connectivity index (χ4n) is 4.96. The number of nitrogens with zero attached hydrogens (tertiary/aromatic N) is 2. The van der Waals surface area contributed by atoms with Gasteiger partial charge in [-0.15, -0.1) is 0 Å². The van der Waals surface area contributed by atoms with E-state index >= 15 is 0 Å². The summed E-state index contributed by atoms with van der Waals surface area (Å²) in [6, 6.07) is 18.6. The van der Waals surface area contributed by atoms with Crippen LogP contribution in [0.5, 0.6) is 0 Å². The van der Waals surface area contributed by atoms with Gasteiger partial charge < -0.3 is 15.0 Å². The second kappa shape index (κ2) is 9.34. The minimum atomic E-state index is 0.650. The zero-order chi connectivity index (χ0) is 20.2. The Morgan fingerprint density at radius 2 is 1.77 bits per heavy atom. The van der Waals surface area contributed by atoms with E-state index in [1.165, 1.54) is 40.8 Å². The van der Waals surface area contributed by atoms with Crippen molar-refractivity contribution in [1.82, 2.24) is 10.2 Å². The molecule has 1 N–H and O–H groups in total. The molecule has 2 aromatic carbocycles. The number of nitrogens with one attached hydrogen (secondary N) is 1. The highest BCUT2D eigenvalue weighted by Crippen LogP contribution is 2.33. The van der Waals surface area contributed by atoms with E-state index in [1.807, 2.05) is 0 Å². The maximum atomic E-state index is 5.44. The van der Waals surface area contributed by atoms with Crippen LogP contribution in [0.25, 0.3) is 11.6 Å². The summed E-state index contributed by atoms with van der Waals surface area (Å²) in [7, 11) is 0. The third-order valence-electron chi connectivity index (χ3n) is 6.81. The first kappa shape index (κ1) is 19.8. The molecule has 0 saturated carbocycles. The lowest BCUT2D eigenvalue weighted by atomic mass is 10.0. The van der Waals surface area contributed by atoms with Gasteiger partial charge in [0.1, 0.15) is 0 Å². The van der Waals surface area contributed by atoms with Crippen molar-refractivity contribution in [2.24, 2.45) is 0 Å². The molecule has 2 saturated heterocycles. The quantitative estimate of drug-likeness (QED) is 0.796. The van der Waals surface area contributed by atoms with Crippen LogP contribution in [0.2, 0.25) is 0 Å². The summed E-state index contributed by atoms with van der Waals surface area (Å²) in [6.45, 7) is 8.45. The lowest BCUT2D eigenvalue weighted by molar-refractivity contribution is 0.0380. The first-order chi connectivity index (χ1) is 14.8. The Kier molecular flexibility index (Phi) is 6.16. The molecule has 2 heterocycles. The highest BCUT2D eigenvalue weighted by molar-refractivity contribution is 5.89. The monoisotopic (exact) mass is 403 g/mol. The van der Waals surface area contributed by atoms with Gasteiger partial charge >= 0.3 is 0 Å². The van der Waals surface area contributed by atoms with Crippen molar-refractivity contribution in [3.63, 3.8) is 0 Å². The summed E-state index contributed by atoms with van der Waals surface area (Å²) in [5.74, 6) is 0. The number of anilines is 1. The molecular weight excluding hydrogens is 370 g/mol. The van der Waals surface area contributed by atoms with Crippen LogP contribution in [-0.2, 0) is 11.2 Å². The molecule has 3 aliphatic rings. The van der Waals surface area contributed by atoms with Crippen molar-refractivity contribution in [3.8, 4) is 0 Å². The summed E-state index contributed by atoms with van der Waals surface area (Å²) in [5, 5.41) is 3.79. The second-order valence-electron chi connectivity index (χ2n) is 8.76. The molecule has 158 valence electrons. The van der Waals surface area contributed by atoms with E-state index < -0.39 is 0 Å². The molecule has 0 spiro atoms. The van der Waals surface area contributed by atoms with Gasteiger partial charge in [-0.05, 0) is 53.7 Å². The zero-order valence-corrected chi connectivity index (χ0v) is 17.9. The predicted molar refractivity (Wildman–Crippen MR) is 125 cm³/mol. The fourth-order valence-corrected chi connectivity index (χ4v) is 4.96. The molecule has 0 unspecified atom stereocenters. The number of fused-ring (bicyclic) bond motifs is 1. The Bertz CT molecular complexity index is 879. The van der Waals surface area contributed by atoms with E-state index in [9.17, 15) is 0 Å². The van der Waals surface area contributed by atoms with Crippen molar-refractivity contribution in [2.75, 3.05) is 57.4 Å². The summed E-state index contributed by atoms with van der Waals surface area (Å²) in [6.07, 6.45) is 5.86. The molecule has 0 aromatic heterocycles. The Balaban J connectivity index is 1.13. The van der Waals surface area contributed by atoms with Crippen LogP contribution in [0.1, 0.15) is 29.5 Å². The molecule has 5 rings (SSSR count). The van der Waals surface area contributed by atoms with Gasteiger partial charge in [0, 0.05) is 51.0 Å². The molecule has 0 amide bonds. The Morgan fingerprint density at radius 1 is 0.933 bits per heavy atom. The summed E-state index contributed by atoms with van der Waals surface area (Å²) in [5.41, 5.74) is 7.01. The van der Waals surface area contributed by atoms with Gasteiger partial charge in [0.25, 0.3) is 0 Å². The summed E-state index contributed by atoms with van der Waals surface area (Å²) < 4.78 is 5.44. The van der Waals surface area contributed by atoms with Gasteiger partial charge in [-0.1, -0.05) is 42.5 Å². The Morgan fingerprint density at radius 3 is 2.60 bits per heavy atom. The van der Waals surface area contributed by atoms with E-state index in [4.69, 9.17) is 4.74 Å². The lowest BCUT2D eigenvalue weighted by Crippen LogP contribution is -2.46. The molecule has 30 heavy (non-hydrogen) atoms. The lowest BCUT2D eigenvalue weighted by Gasteiger charge is -2.35. The number of rotatable bonds is 6. The standard InChI is InChI=1S/C26H33N3O/c1-2-5-22-19-24(18-21(22)4-1)23-6-3-7-26(20-23)29-11-8-25(9-12-29)27-10-13-28-14-16-30-17-15-28/h1-7,18,20,25,27H,8-17,19H2. The smallest absolute Gasteiger partial charge is 0.0594 e. The van der Waals surface area contributed by atoms with Crippen molar-refractivity contribution in [3.05, 3.63) is 65.2 Å². The average Bonchev–Trinajstić information content (AvgIpc) is 3.25.